The molecule has 6 nitrogen and oxygen atoms in total. The van der Waals surface area contributed by atoms with E-state index in [1.165, 1.54) is 10.4 Å². The van der Waals surface area contributed by atoms with Crippen molar-refractivity contribution in [1.82, 2.24) is 0 Å². The van der Waals surface area contributed by atoms with Crippen LogP contribution in [0.4, 0.5) is 5.00 Å². The van der Waals surface area contributed by atoms with Gasteiger partial charge in [0, 0.05) is 16.0 Å². The van der Waals surface area contributed by atoms with Crippen molar-refractivity contribution in [2.45, 2.75) is 64.3 Å². The van der Waals surface area contributed by atoms with Crippen molar-refractivity contribution in [3.05, 3.63) is 27.2 Å². The molecule has 0 atom stereocenters. The van der Waals surface area contributed by atoms with Crippen molar-refractivity contribution in [3.63, 3.8) is 0 Å². The number of rotatable bonds is 4. The summed E-state index contributed by atoms with van der Waals surface area (Å²) in [5.41, 5.74) is 2.51. The highest BCUT2D eigenvalue weighted by atomic mass is 32.1. The lowest BCUT2D eigenvalue weighted by atomic mass is 9.95. The molecular weight excluding hydrogens is 364 g/mol. The minimum absolute atomic E-state index is 0.242. The summed E-state index contributed by atoms with van der Waals surface area (Å²) in [5.74, 6) is -0.690. The number of fused-ring (bicyclic) bond motifs is 1. The summed E-state index contributed by atoms with van der Waals surface area (Å²) in [4.78, 5) is 30.2. The number of hydrogen-bond acceptors (Lipinski definition) is 5. The van der Waals surface area contributed by atoms with Gasteiger partial charge in [-0.1, -0.05) is 0 Å². The summed E-state index contributed by atoms with van der Waals surface area (Å²) < 4.78 is 5.89. The fraction of sp³-hybridized carbons (Fsp3) is 0.550. The number of nitrogens with one attached hydrogen (secondary N) is 1. The molecule has 0 radical (unpaired) electrons. The number of carboxylic acid groups (broad SMARTS) is 1. The Balaban J connectivity index is 1.71. The first-order chi connectivity index (χ1) is 12.9. The van der Waals surface area contributed by atoms with E-state index in [4.69, 9.17) is 9.73 Å². The van der Waals surface area contributed by atoms with Crippen molar-refractivity contribution < 1.29 is 19.4 Å². The molecule has 0 unspecified atom stereocenters. The first kappa shape index (κ1) is 18.2. The molecule has 0 bridgehead atoms. The number of nitrogens with zero attached hydrogens (tertiary/aromatic N) is 1. The summed E-state index contributed by atoms with van der Waals surface area (Å²) in [6.07, 6.45) is 5.91. The van der Waals surface area contributed by atoms with E-state index in [2.05, 4.69) is 5.32 Å². The Labute approximate surface area is 162 Å². The first-order valence-electron chi connectivity index (χ1n) is 9.50. The molecule has 0 saturated heterocycles. The molecule has 0 spiro atoms. The SMILES string of the molecule is CC1(C)COC(c2c(NC(=O)C3=C(C(=O)O)CCC3)sc3c2CCCC3)=N1. The predicted molar refractivity (Wildman–Crippen MR) is 105 cm³/mol. The number of anilines is 1. The molecule has 7 heteroatoms. The zero-order valence-corrected chi connectivity index (χ0v) is 16.5. The normalized spacial score (nSPS) is 20.9. The van der Waals surface area contributed by atoms with Crippen molar-refractivity contribution in [1.29, 1.82) is 0 Å². The highest BCUT2D eigenvalue weighted by Gasteiger charge is 2.34. The number of carbonyl (C=O) groups is 2. The summed E-state index contributed by atoms with van der Waals surface area (Å²) in [6.45, 7) is 4.58. The van der Waals surface area contributed by atoms with E-state index >= 15 is 0 Å². The molecule has 4 rings (SSSR count). The average Bonchev–Trinajstić information content (AvgIpc) is 3.30. The second-order valence-electron chi connectivity index (χ2n) is 8.00. The summed E-state index contributed by atoms with van der Waals surface area (Å²) in [6, 6.07) is 0. The van der Waals surface area contributed by atoms with Crippen LogP contribution in [0.2, 0.25) is 0 Å². The van der Waals surface area contributed by atoms with E-state index in [1.807, 2.05) is 13.8 Å². The van der Waals surface area contributed by atoms with E-state index in [1.54, 1.807) is 11.3 Å². The maximum Gasteiger partial charge on any atom is 0.332 e. The molecule has 2 heterocycles. The zero-order valence-electron chi connectivity index (χ0n) is 15.7. The lowest BCUT2D eigenvalue weighted by Crippen LogP contribution is -2.18. The van der Waals surface area contributed by atoms with Crippen LogP contribution in [0, 0.1) is 0 Å². The van der Waals surface area contributed by atoms with Gasteiger partial charge in [-0.25, -0.2) is 9.79 Å². The fourth-order valence-corrected chi connectivity index (χ4v) is 5.28. The predicted octanol–water partition coefficient (Wildman–Crippen LogP) is 3.69. The Morgan fingerprint density at radius 2 is 1.85 bits per heavy atom. The molecule has 27 heavy (non-hydrogen) atoms. The van der Waals surface area contributed by atoms with Crippen molar-refractivity contribution in [3.8, 4) is 0 Å². The standard InChI is InChI=1S/C20H24N2O4S/c1-20(2)10-26-17(22-20)15-13-6-3-4-9-14(13)27-18(15)21-16(23)11-7-5-8-12(11)19(24)25/h3-10H2,1-2H3,(H,21,23)(H,24,25). The smallest absolute Gasteiger partial charge is 0.332 e. The lowest BCUT2D eigenvalue weighted by Gasteiger charge is -2.13. The summed E-state index contributed by atoms with van der Waals surface area (Å²) in [7, 11) is 0. The number of thiophene rings is 1. The number of aliphatic imine (C=N–C) groups is 1. The van der Waals surface area contributed by atoms with E-state index in [0.717, 1.165) is 36.2 Å². The molecule has 2 aliphatic carbocycles. The Kier molecular flexibility index (Phi) is 4.58. The number of aliphatic carboxylic acids is 1. The third kappa shape index (κ3) is 3.40. The van der Waals surface area contributed by atoms with Gasteiger partial charge < -0.3 is 15.2 Å². The maximum absolute atomic E-state index is 12.8. The van der Waals surface area contributed by atoms with E-state index < -0.39 is 5.97 Å². The fourth-order valence-electron chi connectivity index (χ4n) is 4.00. The van der Waals surface area contributed by atoms with Crippen LogP contribution < -0.4 is 5.32 Å². The molecule has 1 amide bonds. The molecule has 0 aromatic carbocycles. The second-order valence-corrected chi connectivity index (χ2v) is 9.11. The van der Waals surface area contributed by atoms with Gasteiger partial charge in [-0.2, -0.15) is 0 Å². The molecule has 144 valence electrons. The van der Waals surface area contributed by atoms with Gasteiger partial charge in [0.05, 0.1) is 11.1 Å². The lowest BCUT2D eigenvalue weighted by molar-refractivity contribution is -0.133. The van der Waals surface area contributed by atoms with Gasteiger partial charge in [0.15, 0.2) is 0 Å². The van der Waals surface area contributed by atoms with Gasteiger partial charge in [0.2, 0.25) is 5.90 Å². The van der Waals surface area contributed by atoms with Crippen molar-refractivity contribution >= 4 is 34.1 Å². The maximum atomic E-state index is 12.8. The minimum atomic E-state index is -0.992. The molecule has 1 aromatic rings. The van der Waals surface area contributed by atoms with E-state index in [9.17, 15) is 14.7 Å². The minimum Gasteiger partial charge on any atom is -0.478 e. The molecule has 2 N–H and O–H groups in total. The number of carboxylic acids is 1. The van der Waals surface area contributed by atoms with Crippen LogP contribution in [0.15, 0.2) is 16.1 Å². The number of amides is 1. The number of aryl methyl sites for hydroxylation is 1. The first-order valence-corrected chi connectivity index (χ1v) is 10.3. The largest absolute Gasteiger partial charge is 0.478 e. The molecule has 0 fully saturated rings. The molecular formula is C20H24N2O4S. The van der Waals surface area contributed by atoms with Crippen LogP contribution in [0.25, 0.3) is 0 Å². The van der Waals surface area contributed by atoms with Crippen molar-refractivity contribution in [2.24, 2.45) is 4.99 Å². The third-order valence-electron chi connectivity index (χ3n) is 5.33. The van der Waals surface area contributed by atoms with Gasteiger partial charge in [-0.3, -0.25) is 4.79 Å². The van der Waals surface area contributed by atoms with E-state index in [0.29, 0.717) is 37.3 Å². The quantitative estimate of drug-likeness (QED) is 0.823. The Morgan fingerprint density at radius 1 is 1.11 bits per heavy atom. The summed E-state index contributed by atoms with van der Waals surface area (Å²) >= 11 is 1.58. The van der Waals surface area contributed by atoms with E-state index in [-0.39, 0.29) is 17.0 Å². The third-order valence-corrected chi connectivity index (χ3v) is 6.54. The van der Waals surface area contributed by atoms with Gasteiger partial charge in [0.25, 0.3) is 5.91 Å². The summed E-state index contributed by atoms with van der Waals surface area (Å²) in [5, 5.41) is 13.1. The van der Waals surface area contributed by atoms with Gasteiger partial charge in [-0.15, -0.1) is 11.3 Å². The van der Waals surface area contributed by atoms with Crippen LogP contribution in [-0.2, 0) is 27.2 Å². The molecule has 0 saturated carbocycles. The molecule has 1 aliphatic heterocycles. The Bertz CT molecular complexity index is 879. The van der Waals surface area contributed by atoms with Gasteiger partial charge in [-0.05, 0) is 64.4 Å². The molecule has 1 aromatic heterocycles. The van der Waals surface area contributed by atoms with Crippen LogP contribution in [0.1, 0.15) is 62.0 Å². The number of carbonyl (C=O) groups excluding carboxylic acids is 1. The van der Waals surface area contributed by atoms with Crippen LogP contribution in [0.5, 0.6) is 0 Å². The Morgan fingerprint density at radius 3 is 2.56 bits per heavy atom. The van der Waals surface area contributed by atoms with Crippen molar-refractivity contribution in [2.75, 3.05) is 11.9 Å². The topological polar surface area (TPSA) is 88.0 Å². The second kappa shape index (κ2) is 6.78. The highest BCUT2D eigenvalue weighted by Crippen LogP contribution is 2.41. The average molecular weight is 388 g/mol. The van der Waals surface area contributed by atoms with Gasteiger partial charge >= 0.3 is 5.97 Å². The number of hydrogen-bond donors (Lipinski definition) is 2. The van der Waals surface area contributed by atoms with Crippen LogP contribution in [-0.4, -0.2) is 35.0 Å². The number of ether oxygens (including phenoxy) is 1. The van der Waals surface area contributed by atoms with Crippen LogP contribution in [0.3, 0.4) is 0 Å². The zero-order chi connectivity index (χ0) is 19.2. The Hall–Kier alpha value is -2.15. The monoisotopic (exact) mass is 388 g/mol. The molecule has 3 aliphatic rings. The van der Waals surface area contributed by atoms with Crippen LogP contribution >= 0.6 is 11.3 Å². The highest BCUT2D eigenvalue weighted by molar-refractivity contribution is 7.17. The van der Waals surface area contributed by atoms with Gasteiger partial charge in [0.1, 0.15) is 11.6 Å².